The summed E-state index contributed by atoms with van der Waals surface area (Å²) in [5.41, 5.74) is 0.901. The van der Waals surface area contributed by atoms with E-state index in [1.54, 1.807) is 18.2 Å². The Bertz CT molecular complexity index is 315. The average Bonchev–Trinajstić information content (AvgIpc) is 2.03. The summed E-state index contributed by atoms with van der Waals surface area (Å²) in [6.45, 7) is 0. The van der Waals surface area contributed by atoms with Crippen LogP contribution in [0.25, 0.3) is 0 Å². The molecule has 70 valence electrons. The molecule has 0 fully saturated rings. The largest absolute Gasteiger partial charge is 0.272 e. The fraction of sp³-hybridized carbons (Fsp3) is 0.250. The zero-order valence-corrected chi connectivity index (χ0v) is 9.79. The number of nitro benzene ring substituents is 1. The second-order valence-corrected chi connectivity index (χ2v) is 5.92. The number of halogens is 2. The zero-order valence-electron chi connectivity index (χ0n) is 6.61. The number of benzene rings is 1. The van der Waals surface area contributed by atoms with Gasteiger partial charge in [0.25, 0.3) is 5.69 Å². The average molecular weight is 309 g/mol. The van der Waals surface area contributed by atoms with Gasteiger partial charge in [-0.15, -0.1) is 0 Å². The molecule has 13 heavy (non-hydrogen) atoms. The second-order valence-electron chi connectivity index (χ2n) is 2.48. The molecule has 1 rings (SSSR count). The normalized spacial score (nSPS) is 10.4. The maximum atomic E-state index is 10.6. The summed E-state index contributed by atoms with van der Waals surface area (Å²) in [6, 6.07) is 6.73. The van der Waals surface area contributed by atoms with Crippen molar-refractivity contribution in [2.75, 3.05) is 0 Å². The predicted octanol–water partition coefficient (Wildman–Crippen LogP) is 3.25. The van der Waals surface area contributed by atoms with E-state index in [0.717, 1.165) is 5.56 Å². The highest BCUT2D eigenvalue weighted by molar-refractivity contribution is 9.24. The Balaban J connectivity index is 2.98. The monoisotopic (exact) mass is 307 g/mol. The van der Waals surface area contributed by atoms with Gasteiger partial charge in [-0.3, -0.25) is 10.1 Å². The summed E-state index contributed by atoms with van der Waals surface area (Å²) in [6.07, 6.45) is 0.594. The standard InChI is InChI=1S/C8H7Br2NO2/c9-8(10)5-6-3-1-2-4-7(6)11(12)13/h1-4,8H,5H2. The molecule has 0 radical (unpaired) electrons. The van der Waals surface area contributed by atoms with Crippen LogP contribution < -0.4 is 0 Å². The van der Waals surface area contributed by atoms with Crippen LogP contribution >= 0.6 is 31.9 Å². The molecule has 0 amide bonds. The van der Waals surface area contributed by atoms with E-state index in [1.165, 1.54) is 6.07 Å². The molecule has 0 heterocycles. The van der Waals surface area contributed by atoms with Gasteiger partial charge >= 0.3 is 0 Å². The molecule has 0 saturated heterocycles. The quantitative estimate of drug-likeness (QED) is 0.489. The van der Waals surface area contributed by atoms with Crippen molar-refractivity contribution < 1.29 is 4.92 Å². The van der Waals surface area contributed by atoms with Crippen LogP contribution in [-0.2, 0) is 6.42 Å². The lowest BCUT2D eigenvalue weighted by Gasteiger charge is -2.02. The fourth-order valence-corrected chi connectivity index (χ4v) is 1.73. The van der Waals surface area contributed by atoms with Crippen LogP contribution in [0.4, 0.5) is 5.69 Å². The summed E-state index contributed by atoms with van der Waals surface area (Å²) < 4.78 is 0.0705. The molecule has 0 spiro atoms. The van der Waals surface area contributed by atoms with Gasteiger partial charge in [-0.2, -0.15) is 0 Å². The Morgan fingerprint density at radius 1 is 1.38 bits per heavy atom. The Labute approximate surface area is 92.5 Å². The highest BCUT2D eigenvalue weighted by Gasteiger charge is 2.13. The highest BCUT2D eigenvalue weighted by Crippen LogP contribution is 2.23. The molecule has 0 aliphatic heterocycles. The number of para-hydroxylation sites is 1. The van der Waals surface area contributed by atoms with E-state index in [1.807, 2.05) is 0 Å². The van der Waals surface area contributed by atoms with Crippen molar-refractivity contribution in [1.29, 1.82) is 0 Å². The third kappa shape index (κ3) is 3.08. The van der Waals surface area contributed by atoms with E-state index < -0.39 is 0 Å². The Morgan fingerprint density at radius 3 is 2.54 bits per heavy atom. The number of alkyl halides is 2. The molecule has 0 N–H and O–H groups in total. The van der Waals surface area contributed by atoms with E-state index in [0.29, 0.717) is 6.42 Å². The van der Waals surface area contributed by atoms with Gasteiger partial charge in [-0.05, 0) is 0 Å². The van der Waals surface area contributed by atoms with Crippen molar-refractivity contribution in [3.05, 3.63) is 39.9 Å². The van der Waals surface area contributed by atoms with E-state index in [4.69, 9.17) is 0 Å². The first-order valence-corrected chi connectivity index (χ1v) is 5.45. The third-order valence-electron chi connectivity index (χ3n) is 1.56. The number of nitro groups is 1. The maximum absolute atomic E-state index is 10.6. The summed E-state index contributed by atoms with van der Waals surface area (Å²) in [5, 5.41) is 10.6. The van der Waals surface area contributed by atoms with E-state index in [9.17, 15) is 10.1 Å². The Kier molecular flexibility index (Phi) is 3.87. The SMILES string of the molecule is O=[N+]([O-])c1ccccc1CC(Br)Br. The first-order chi connectivity index (χ1) is 6.11. The van der Waals surface area contributed by atoms with Gasteiger partial charge in [0, 0.05) is 18.1 Å². The van der Waals surface area contributed by atoms with Crippen molar-refractivity contribution >= 4 is 37.5 Å². The zero-order chi connectivity index (χ0) is 9.84. The van der Waals surface area contributed by atoms with Crippen molar-refractivity contribution in [3.63, 3.8) is 0 Å². The predicted molar refractivity (Wildman–Crippen MR) is 58.4 cm³/mol. The lowest BCUT2D eigenvalue weighted by molar-refractivity contribution is -0.385. The first-order valence-electron chi connectivity index (χ1n) is 3.61. The Morgan fingerprint density at radius 2 is 2.00 bits per heavy atom. The van der Waals surface area contributed by atoms with Gasteiger partial charge in [0.05, 0.1) is 8.66 Å². The fourth-order valence-electron chi connectivity index (χ4n) is 1.03. The van der Waals surface area contributed by atoms with Crippen molar-refractivity contribution in [2.24, 2.45) is 0 Å². The van der Waals surface area contributed by atoms with Crippen LogP contribution in [0.3, 0.4) is 0 Å². The molecule has 0 saturated carbocycles. The second kappa shape index (κ2) is 4.72. The smallest absolute Gasteiger partial charge is 0.258 e. The highest BCUT2D eigenvalue weighted by atomic mass is 79.9. The summed E-state index contributed by atoms with van der Waals surface area (Å²) >= 11 is 6.58. The minimum Gasteiger partial charge on any atom is -0.258 e. The first kappa shape index (κ1) is 10.7. The lowest BCUT2D eigenvalue weighted by atomic mass is 10.1. The van der Waals surface area contributed by atoms with E-state index in [2.05, 4.69) is 31.9 Å². The molecule has 0 aromatic heterocycles. The minimum absolute atomic E-state index is 0.0705. The van der Waals surface area contributed by atoms with Crippen molar-refractivity contribution in [3.8, 4) is 0 Å². The minimum atomic E-state index is -0.363. The van der Waals surface area contributed by atoms with Gasteiger partial charge < -0.3 is 0 Å². The van der Waals surface area contributed by atoms with Crippen LogP contribution in [0.1, 0.15) is 5.56 Å². The van der Waals surface area contributed by atoms with Gasteiger partial charge in [0.15, 0.2) is 0 Å². The molecule has 0 bridgehead atoms. The van der Waals surface area contributed by atoms with E-state index in [-0.39, 0.29) is 14.3 Å². The maximum Gasteiger partial charge on any atom is 0.272 e. The molecule has 0 aliphatic carbocycles. The van der Waals surface area contributed by atoms with Gasteiger partial charge in [0.2, 0.25) is 0 Å². The summed E-state index contributed by atoms with van der Waals surface area (Å²) in [7, 11) is 0. The molecule has 3 nitrogen and oxygen atoms in total. The van der Waals surface area contributed by atoms with Crippen LogP contribution in [0, 0.1) is 10.1 Å². The summed E-state index contributed by atoms with van der Waals surface area (Å²) in [5.74, 6) is 0. The van der Waals surface area contributed by atoms with Crippen LogP contribution in [0.2, 0.25) is 0 Å². The molecule has 1 aromatic carbocycles. The molecule has 0 atom stereocenters. The topological polar surface area (TPSA) is 43.1 Å². The molecule has 1 aromatic rings. The number of rotatable bonds is 3. The lowest BCUT2D eigenvalue weighted by Crippen LogP contribution is -1.98. The van der Waals surface area contributed by atoms with Gasteiger partial charge in [-0.25, -0.2) is 0 Å². The molecule has 5 heteroatoms. The number of hydrogen-bond acceptors (Lipinski definition) is 2. The van der Waals surface area contributed by atoms with Crippen molar-refractivity contribution in [2.45, 2.75) is 10.2 Å². The van der Waals surface area contributed by atoms with Gasteiger partial charge in [-0.1, -0.05) is 50.1 Å². The number of nitrogens with zero attached hydrogens (tertiary/aromatic N) is 1. The van der Waals surface area contributed by atoms with Crippen LogP contribution in [-0.4, -0.2) is 8.66 Å². The van der Waals surface area contributed by atoms with Crippen LogP contribution in [0.5, 0.6) is 0 Å². The van der Waals surface area contributed by atoms with Crippen LogP contribution in [0.15, 0.2) is 24.3 Å². The van der Waals surface area contributed by atoms with Gasteiger partial charge in [0.1, 0.15) is 0 Å². The summed E-state index contributed by atoms with van der Waals surface area (Å²) in [4.78, 5) is 10.2. The molecular weight excluding hydrogens is 302 g/mol. The van der Waals surface area contributed by atoms with E-state index >= 15 is 0 Å². The third-order valence-corrected chi connectivity index (χ3v) is 2.21. The Hall–Kier alpha value is -0.420. The molecular formula is C8H7Br2NO2. The molecule has 0 unspecified atom stereocenters. The van der Waals surface area contributed by atoms with Crippen molar-refractivity contribution in [1.82, 2.24) is 0 Å². The number of hydrogen-bond donors (Lipinski definition) is 0. The molecule has 0 aliphatic rings.